The van der Waals surface area contributed by atoms with Crippen molar-refractivity contribution in [3.8, 4) is 34.5 Å². The molecule has 0 saturated heterocycles. The Hall–Kier alpha value is -4.40. The third-order valence-corrected chi connectivity index (χ3v) is 5.30. The maximum Gasteiger partial charge on any atom is 0.320 e. The molecule has 3 heterocycles. The van der Waals surface area contributed by atoms with Gasteiger partial charge in [-0.25, -0.2) is 0 Å². The van der Waals surface area contributed by atoms with Crippen molar-refractivity contribution < 1.29 is 23.4 Å². The second kappa shape index (κ2) is 8.27. The van der Waals surface area contributed by atoms with Crippen LogP contribution in [0.25, 0.3) is 11.5 Å². The second-order valence-electron chi connectivity index (χ2n) is 7.48. The molecule has 0 amide bonds. The summed E-state index contributed by atoms with van der Waals surface area (Å²) in [6, 6.07) is 19.5. The molecule has 0 saturated carbocycles. The van der Waals surface area contributed by atoms with Crippen LogP contribution in [0.15, 0.2) is 65.1 Å². The minimum absolute atomic E-state index is 0.259. The molecule has 0 aliphatic carbocycles. The van der Waals surface area contributed by atoms with Crippen molar-refractivity contribution in [3.05, 3.63) is 66.2 Å². The number of para-hydroxylation sites is 1. The fourth-order valence-corrected chi connectivity index (χ4v) is 3.70. The van der Waals surface area contributed by atoms with Crippen molar-refractivity contribution in [3.63, 3.8) is 0 Å². The number of anilines is 3. The third kappa shape index (κ3) is 3.96. The predicted octanol–water partition coefficient (Wildman–Crippen LogP) is 4.59. The first kappa shape index (κ1) is 19.3. The van der Waals surface area contributed by atoms with Gasteiger partial charge in [0.05, 0.1) is 5.56 Å². The summed E-state index contributed by atoms with van der Waals surface area (Å²) in [5, 5.41) is 14.9. The van der Waals surface area contributed by atoms with E-state index in [9.17, 15) is 0 Å². The second-order valence-corrected chi connectivity index (χ2v) is 7.48. The Morgan fingerprint density at radius 1 is 0.758 bits per heavy atom. The van der Waals surface area contributed by atoms with Gasteiger partial charge in [-0.05, 0) is 42.0 Å². The maximum absolute atomic E-state index is 5.89. The molecule has 6 rings (SSSR count). The average molecular weight is 444 g/mol. The van der Waals surface area contributed by atoms with Crippen LogP contribution in [0.3, 0.4) is 0 Å². The minimum atomic E-state index is 0.259. The van der Waals surface area contributed by atoms with Gasteiger partial charge >= 0.3 is 6.01 Å². The first-order valence-electron chi connectivity index (χ1n) is 10.5. The van der Waals surface area contributed by atoms with E-state index in [4.69, 9.17) is 23.4 Å². The van der Waals surface area contributed by atoms with Crippen LogP contribution in [0, 0.1) is 0 Å². The highest BCUT2D eigenvalue weighted by atomic mass is 16.7. The lowest BCUT2D eigenvalue weighted by Crippen LogP contribution is -2.15. The van der Waals surface area contributed by atoms with E-state index in [1.165, 1.54) is 0 Å². The van der Waals surface area contributed by atoms with Crippen LogP contribution in [0.1, 0.15) is 5.56 Å². The van der Waals surface area contributed by atoms with E-state index < -0.39 is 0 Å². The highest BCUT2D eigenvalue weighted by Crippen LogP contribution is 2.35. The smallest absolute Gasteiger partial charge is 0.320 e. The van der Waals surface area contributed by atoms with Gasteiger partial charge in [0.25, 0.3) is 5.89 Å². The number of benzene rings is 3. The molecule has 0 bridgehead atoms. The van der Waals surface area contributed by atoms with Crippen LogP contribution in [-0.4, -0.2) is 30.2 Å². The molecule has 166 valence electrons. The molecule has 1 aromatic heterocycles. The van der Waals surface area contributed by atoms with Crippen LogP contribution >= 0.6 is 0 Å². The largest absolute Gasteiger partial charge is 0.486 e. The Kier molecular flexibility index (Phi) is 4.83. The van der Waals surface area contributed by atoms with E-state index in [1.54, 1.807) is 0 Å². The number of hydrogen-bond acceptors (Lipinski definition) is 9. The number of rotatable bonds is 6. The molecular weight excluding hydrogens is 424 g/mol. The summed E-state index contributed by atoms with van der Waals surface area (Å²) < 4.78 is 27.9. The van der Waals surface area contributed by atoms with E-state index in [2.05, 4.69) is 20.8 Å². The van der Waals surface area contributed by atoms with Crippen molar-refractivity contribution in [2.24, 2.45) is 0 Å². The van der Waals surface area contributed by atoms with E-state index in [0.29, 0.717) is 31.4 Å². The Morgan fingerprint density at radius 2 is 1.55 bits per heavy atom. The van der Waals surface area contributed by atoms with Gasteiger partial charge in [0.1, 0.15) is 13.2 Å². The summed E-state index contributed by atoms with van der Waals surface area (Å²) in [5.41, 5.74) is 3.52. The number of nitrogens with zero attached hydrogens (tertiary/aromatic N) is 2. The van der Waals surface area contributed by atoms with Gasteiger partial charge in [-0.1, -0.05) is 23.3 Å². The molecule has 0 radical (unpaired) electrons. The van der Waals surface area contributed by atoms with Crippen molar-refractivity contribution in [1.29, 1.82) is 0 Å². The highest BCUT2D eigenvalue weighted by molar-refractivity contribution is 5.73. The van der Waals surface area contributed by atoms with Gasteiger partial charge in [0.15, 0.2) is 23.0 Å². The molecule has 2 N–H and O–H groups in total. The molecule has 0 atom stereocenters. The molecule has 2 aliphatic heterocycles. The molecule has 33 heavy (non-hydrogen) atoms. The van der Waals surface area contributed by atoms with Gasteiger partial charge in [0, 0.05) is 24.0 Å². The molecular formula is C24H20N4O5. The fourth-order valence-electron chi connectivity index (χ4n) is 3.70. The van der Waals surface area contributed by atoms with Crippen LogP contribution < -0.4 is 29.6 Å². The van der Waals surface area contributed by atoms with Gasteiger partial charge in [0.2, 0.25) is 6.79 Å². The topological polar surface area (TPSA) is 99.9 Å². The van der Waals surface area contributed by atoms with Crippen molar-refractivity contribution in [2.45, 2.75) is 6.54 Å². The standard InChI is InChI=1S/C24H20N4O5/c1-2-4-18(25-13-15-5-7-20-21(11-15)32-14-31-20)17(3-1)23-27-28-24(33-23)26-16-6-8-19-22(12-16)30-10-9-29-19/h1-8,11-12,25H,9-10,13-14H2,(H,26,28). The van der Waals surface area contributed by atoms with Crippen LogP contribution in [0.2, 0.25) is 0 Å². The summed E-state index contributed by atoms with van der Waals surface area (Å²) in [6.45, 7) is 1.94. The third-order valence-electron chi connectivity index (χ3n) is 5.30. The van der Waals surface area contributed by atoms with Gasteiger partial charge in [-0.15, -0.1) is 5.10 Å². The lowest BCUT2D eigenvalue weighted by atomic mass is 10.1. The summed E-state index contributed by atoms with van der Waals surface area (Å²) in [5.74, 6) is 3.34. The number of hydrogen-bond donors (Lipinski definition) is 2. The molecule has 0 unspecified atom stereocenters. The quantitative estimate of drug-likeness (QED) is 0.442. The number of ether oxygens (including phenoxy) is 4. The Bertz CT molecular complexity index is 1310. The zero-order valence-electron chi connectivity index (χ0n) is 17.5. The lowest BCUT2D eigenvalue weighted by molar-refractivity contribution is 0.171. The molecule has 2 aliphatic rings. The summed E-state index contributed by atoms with van der Waals surface area (Å²) in [4.78, 5) is 0. The van der Waals surface area contributed by atoms with E-state index in [0.717, 1.165) is 39.8 Å². The summed E-state index contributed by atoms with van der Waals surface area (Å²) in [7, 11) is 0. The first-order chi connectivity index (χ1) is 16.3. The van der Waals surface area contributed by atoms with Gasteiger partial charge in [-0.2, -0.15) is 0 Å². The SMILES string of the molecule is c1ccc(-c2nnc(Nc3ccc4c(c3)OCCO4)o2)c(NCc2ccc3c(c2)OCO3)c1. The predicted molar refractivity (Wildman–Crippen MR) is 120 cm³/mol. The average Bonchev–Trinajstić information content (AvgIpc) is 3.52. The van der Waals surface area contributed by atoms with Crippen LogP contribution in [0.4, 0.5) is 17.4 Å². The van der Waals surface area contributed by atoms with E-state index >= 15 is 0 Å². The number of nitrogens with one attached hydrogen (secondary N) is 2. The Morgan fingerprint density at radius 3 is 2.52 bits per heavy atom. The molecule has 0 fully saturated rings. The van der Waals surface area contributed by atoms with Crippen LogP contribution in [0.5, 0.6) is 23.0 Å². The summed E-state index contributed by atoms with van der Waals surface area (Å²) >= 11 is 0. The van der Waals surface area contributed by atoms with E-state index in [-0.39, 0.29) is 12.8 Å². The maximum atomic E-state index is 5.89. The molecule has 9 heteroatoms. The molecule has 0 spiro atoms. The molecule has 9 nitrogen and oxygen atoms in total. The number of aromatic nitrogens is 2. The lowest BCUT2D eigenvalue weighted by Gasteiger charge is -2.18. The Balaban J connectivity index is 1.18. The number of fused-ring (bicyclic) bond motifs is 2. The Labute approximate surface area is 189 Å². The van der Waals surface area contributed by atoms with Crippen LogP contribution in [-0.2, 0) is 6.54 Å². The highest BCUT2D eigenvalue weighted by Gasteiger charge is 2.16. The fraction of sp³-hybridized carbons (Fsp3) is 0.167. The zero-order chi connectivity index (χ0) is 22.0. The van der Waals surface area contributed by atoms with Crippen molar-refractivity contribution in [1.82, 2.24) is 10.2 Å². The van der Waals surface area contributed by atoms with Gasteiger partial charge in [-0.3, -0.25) is 0 Å². The normalized spacial score (nSPS) is 13.6. The monoisotopic (exact) mass is 444 g/mol. The minimum Gasteiger partial charge on any atom is -0.486 e. The molecule has 3 aromatic carbocycles. The van der Waals surface area contributed by atoms with Crippen molar-refractivity contribution >= 4 is 17.4 Å². The zero-order valence-corrected chi connectivity index (χ0v) is 17.5. The van der Waals surface area contributed by atoms with Gasteiger partial charge < -0.3 is 34.0 Å². The van der Waals surface area contributed by atoms with E-state index in [1.807, 2.05) is 60.7 Å². The molecule has 4 aromatic rings. The first-order valence-corrected chi connectivity index (χ1v) is 10.5. The van der Waals surface area contributed by atoms with Crippen molar-refractivity contribution in [2.75, 3.05) is 30.6 Å². The summed E-state index contributed by atoms with van der Waals surface area (Å²) in [6.07, 6.45) is 0.